The predicted octanol–water partition coefficient (Wildman–Crippen LogP) is 2.84. The van der Waals surface area contributed by atoms with Gasteiger partial charge in [-0.05, 0) is 26.2 Å². The molecule has 1 heterocycles. The summed E-state index contributed by atoms with van der Waals surface area (Å²) in [6.07, 6.45) is 0.813. The Morgan fingerprint density at radius 1 is 1.47 bits per heavy atom. The maximum atomic E-state index is 11.9. The standard InChI is InChI=1S/C13H21N3O3/c1-6-7-15-13(11(8(2)3)10(5)17)12(16(18)19)9(4)14-15/h8,11H,6-7H2,1-5H3. The van der Waals surface area contributed by atoms with Crippen molar-refractivity contribution >= 4 is 11.5 Å². The van der Waals surface area contributed by atoms with E-state index in [0.29, 0.717) is 17.9 Å². The minimum Gasteiger partial charge on any atom is -0.299 e. The van der Waals surface area contributed by atoms with Gasteiger partial charge in [-0.3, -0.25) is 19.6 Å². The van der Waals surface area contributed by atoms with Gasteiger partial charge in [-0.2, -0.15) is 5.10 Å². The topological polar surface area (TPSA) is 78.0 Å². The van der Waals surface area contributed by atoms with Crippen LogP contribution in [0.4, 0.5) is 5.69 Å². The number of carbonyl (C=O) groups excluding carboxylic acids is 1. The number of Topliss-reactive ketones (excluding diaryl/α,β-unsaturated/α-hetero) is 1. The molecule has 0 bridgehead atoms. The first-order valence-corrected chi connectivity index (χ1v) is 6.53. The SMILES string of the molecule is CCCn1nc(C)c([N+](=O)[O-])c1C(C(C)=O)C(C)C. The third kappa shape index (κ3) is 3.00. The Bertz CT molecular complexity index is 492. The summed E-state index contributed by atoms with van der Waals surface area (Å²) in [5.41, 5.74) is 0.814. The summed E-state index contributed by atoms with van der Waals surface area (Å²) in [4.78, 5) is 22.7. The van der Waals surface area contributed by atoms with Crippen molar-refractivity contribution in [3.63, 3.8) is 0 Å². The molecule has 1 unspecified atom stereocenters. The first-order valence-electron chi connectivity index (χ1n) is 6.53. The fourth-order valence-corrected chi connectivity index (χ4v) is 2.48. The fourth-order valence-electron chi connectivity index (χ4n) is 2.48. The normalized spacial score (nSPS) is 12.7. The van der Waals surface area contributed by atoms with Gasteiger partial charge in [-0.15, -0.1) is 0 Å². The van der Waals surface area contributed by atoms with Crippen LogP contribution >= 0.6 is 0 Å². The minimum atomic E-state index is -0.479. The van der Waals surface area contributed by atoms with Crippen LogP contribution < -0.4 is 0 Å². The van der Waals surface area contributed by atoms with E-state index in [4.69, 9.17) is 0 Å². The molecule has 1 aromatic rings. The van der Waals surface area contributed by atoms with Gasteiger partial charge in [-0.1, -0.05) is 20.8 Å². The van der Waals surface area contributed by atoms with Gasteiger partial charge in [-0.25, -0.2) is 0 Å². The van der Waals surface area contributed by atoms with Crippen molar-refractivity contribution in [2.45, 2.75) is 53.5 Å². The van der Waals surface area contributed by atoms with Crippen LogP contribution in [0.25, 0.3) is 0 Å². The van der Waals surface area contributed by atoms with Crippen molar-refractivity contribution < 1.29 is 9.72 Å². The summed E-state index contributed by atoms with van der Waals surface area (Å²) < 4.78 is 1.62. The molecular weight excluding hydrogens is 246 g/mol. The van der Waals surface area contributed by atoms with Gasteiger partial charge in [0.1, 0.15) is 17.2 Å². The second kappa shape index (κ2) is 5.95. The summed E-state index contributed by atoms with van der Waals surface area (Å²) in [6, 6.07) is 0. The molecule has 0 N–H and O–H groups in total. The molecule has 1 rings (SSSR count). The summed E-state index contributed by atoms with van der Waals surface area (Å²) in [7, 11) is 0. The van der Waals surface area contributed by atoms with Crippen molar-refractivity contribution in [1.82, 2.24) is 9.78 Å². The van der Waals surface area contributed by atoms with Crippen LogP contribution in [0.3, 0.4) is 0 Å². The van der Waals surface area contributed by atoms with Crippen molar-refractivity contribution in [3.8, 4) is 0 Å². The minimum absolute atomic E-state index is 0.00269. The van der Waals surface area contributed by atoms with E-state index in [0.717, 1.165) is 6.42 Å². The second-order valence-corrected chi connectivity index (χ2v) is 5.13. The molecule has 0 saturated carbocycles. The van der Waals surface area contributed by atoms with Crippen LogP contribution in [-0.2, 0) is 11.3 Å². The number of ketones is 1. The average Bonchev–Trinajstić information content (AvgIpc) is 2.55. The Labute approximate surface area is 113 Å². The molecule has 6 nitrogen and oxygen atoms in total. The average molecular weight is 267 g/mol. The Morgan fingerprint density at radius 2 is 2.05 bits per heavy atom. The van der Waals surface area contributed by atoms with Gasteiger partial charge < -0.3 is 0 Å². The first-order chi connectivity index (χ1) is 8.81. The number of hydrogen-bond acceptors (Lipinski definition) is 4. The maximum absolute atomic E-state index is 11.9. The summed E-state index contributed by atoms with van der Waals surface area (Å²) in [5.74, 6) is -0.536. The lowest BCUT2D eigenvalue weighted by Gasteiger charge is -2.18. The van der Waals surface area contributed by atoms with Crippen LogP contribution in [0, 0.1) is 23.0 Å². The molecule has 0 aliphatic heterocycles. The number of carbonyl (C=O) groups is 1. The molecule has 6 heteroatoms. The van der Waals surface area contributed by atoms with Crippen molar-refractivity contribution in [1.29, 1.82) is 0 Å². The lowest BCUT2D eigenvalue weighted by atomic mass is 9.88. The van der Waals surface area contributed by atoms with E-state index >= 15 is 0 Å². The zero-order valence-electron chi connectivity index (χ0n) is 12.1. The molecule has 1 aromatic heterocycles. The molecule has 19 heavy (non-hydrogen) atoms. The lowest BCUT2D eigenvalue weighted by Crippen LogP contribution is -2.21. The Balaban J connectivity index is 3.51. The van der Waals surface area contributed by atoms with Crippen molar-refractivity contribution in [2.75, 3.05) is 0 Å². The zero-order valence-corrected chi connectivity index (χ0v) is 12.1. The van der Waals surface area contributed by atoms with Gasteiger partial charge in [0, 0.05) is 6.54 Å². The fraction of sp³-hybridized carbons (Fsp3) is 0.692. The molecule has 0 spiro atoms. The van der Waals surface area contributed by atoms with Gasteiger partial charge in [0.2, 0.25) is 0 Å². The van der Waals surface area contributed by atoms with Gasteiger partial charge in [0.25, 0.3) is 0 Å². The van der Waals surface area contributed by atoms with Crippen LogP contribution in [0.2, 0.25) is 0 Å². The molecule has 106 valence electrons. The maximum Gasteiger partial charge on any atom is 0.313 e. The molecular formula is C13H21N3O3. The first kappa shape index (κ1) is 15.3. The number of nitrogens with zero attached hydrogens (tertiary/aromatic N) is 3. The highest BCUT2D eigenvalue weighted by molar-refractivity contribution is 5.84. The van der Waals surface area contributed by atoms with E-state index in [2.05, 4.69) is 5.10 Å². The van der Waals surface area contributed by atoms with Gasteiger partial charge in [0.05, 0.1) is 10.8 Å². The highest BCUT2D eigenvalue weighted by atomic mass is 16.6. The number of aromatic nitrogens is 2. The van der Waals surface area contributed by atoms with Crippen molar-refractivity contribution in [3.05, 3.63) is 21.5 Å². The number of aryl methyl sites for hydroxylation is 2. The predicted molar refractivity (Wildman–Crippen MR) is 72.2 cm³/mol. The highest BCUT2D eigenvalue weighted by Gasteiger charge is 2.35. The van der Waals surface area contributed by atoms with E-state index in [9.17, 15) is 14.9 Å². The molecule has 0 aliphatic carbocycles. The molecule has 0 amide bonds. The molecule has 0 aliphatic rings. The largest absolute Gasteiger partial charge is 0.313 e. The van der Waals surface area contributed by atoms with Crippen molar-refractivity contribution in [2.24, 2.45) is 5.92 Å². The van der Waals surface area contributed by atoms with E-state index < -0.39 is 10.8 Å². The van der Waals surface area contributed by atoms with Crippen LogP contribution in [0.5, 0.6) is 0 Å². The smallest absolute Gasteiger partial charge is 0.299 e. The molecule has 0 aromatic carbocycles. The van der Waals surface area contributed by atoms with E-state index in [1.165, 1.54) is 6.92 Å². The number of nitro groups is 1. The molecule has 0 fully saturated rings. The highest BCUT2D eigenvalue weighted by Crippen LogP contribution is 2.34. The molecule has 1 atom stereocenters. The lowest BCUT2D eigenvalue weighted by molar-refractivity contribution is -0.386. The monoisotopic (exact) mass is 267 g/mol. The second-order valence-electron chi connectivity index (χ2n) is 5.13. The van der Waals surface area contributed by atoms with Gasteiger partial charge in [0.15, 0.2) is 0 Å². The van der Waals surface area contributed by atoms with Crippen LogP contribution in [0.15, 0.2) is 0 Å². The third-order valence-electron chi connectivity index (χ3n) is 3.15. The molecule has 0 radical (unpaired) electrons. The quantitative estimate of drug-likeness (QED) is 0.586. The summed E-state index contributed by atoms with van der Waals surface area (Å²) in [5, 5.41) is 15.5. The van der Waals surface area contributed by atoms with Crippen LogP contribution in [-0.4, -0.2) is 20.5 Å². The number of rotatable bonds is 6. The van der Waals surface area contributed by atoms with Crippen LogP contribution in [0.1, 0.15) is 51.4 Å². The number of hydrogen-bond donors (Lipinski definition) is 0. The summed E-state index contributed by atoms with van der Waals surface area (Å²) in [6.45, 7) is 9.45. The Hall–Kier alpha value is -1.72. The summed E-state index contributed by atoms with van der Waals surface area (Å²) >= 11 is 0. The Kier molecular flexibility index (Phi) is 4.80. The van der Waals surface area contributed by atoms with E-state index in [1.807, 2.05) is 20.8 Å². The molecule has 0 saturated heterocycles. The van der Waals surface area contributed by atoms with E-state index in [-0.39, 0.29) is 17.4 Å². The zero-order chi connectivity index (χ0) is 14.7. The third-order valence-corrected chi connectivity index (χ3v) is 3.15. The Morgan fingerprint density at radius 3 is 2.42 bits per heavy atom. The van der Waals surface area contributed by atoms with E-state index in [1.54, 1.807) is 11.6 Å². The van der Waals surface area contributed by atoms with Gasteiger partial charge >= 0.3 is 5.69 Å².